The standard InChI is InChI=1S/C13H18ClN3O2/c1-13(2,7-18)15-6-11(19)8-3-4-10(14)12-9(8)5-16-17-12/h3-5,11,15,18-19H,6-7H2,1-2H3,(H,16,17)/t11-/m0/s1. The highest BCUT2D eigenvalue weighted by atomic mass is 35.5. The van der Waals surface area contributed by atoms with Gasteiger partial charge in [-0.2, -0.15) is 5.10 Å². The molecule has 0 saturated carbocycles. The van der Waals surface area contributed by atoms with Crippen molar-refractivity contribution in [2.75, 3.05) is 13.2 Å². The summed E-state index contributed by atoms with van der Waals surface area (Å²) in [5.74, 6) is 0. The van der Waals surface area contributed by atoms with Crippen LogP contribution in [0.15, 0.2) is 18.3 Å². The monoisotopic (exact) mass is 283 g/mol. The van der Waals surface area contributed by atoms with Crippen LogP contribution < -0.4 is 5.32 Å². The maximum Gasteiger partial charge on any atom is 0.0921 e. The van der Waals surface area contributed by atoms with Crippen molar-refractivity contribution >= 4 is 22.5 Å². The third kappa shape index (κ3) is 3.06. The van der Waals surface area contributed by atoms with E-state index in [0.29, 0.717) is 11.6 Å². The molecule has 4 N–H and O–H groups in total. The summed E-state index contributed by atoms with van der Waals surface area (Å²) < 4.78 is 0. The number of aliphatic hydroxyl groups is 2. The molecule has 0 aliphatic heterocycles. The molecule has 0 amide bonds. The van der Waals surface area contributed by atoms with Gasteiger partial charge in [-0.05, 0) is 25.5 Å². The topological polar surface area (TPSA) is 81.2 Å². The number of benzene rings is 1. The summed E-state index contributed by atoms with van der Waals surface area (Å²) in [4.78, 5) is 0. The maximum absolute atomic E-state index is 10.3. The minimum absolute atomic E-state index is 0.00145. The first-order valence-corrected chi connectivity index (χ1v) is 6.48. The van der Waals surface area contributed by atoms with E-state index < -0.39 is 11.6 Å². The number of fused-ring (bicyclic) bond motifs is 1. The van der Waals surface area contributed by atoms with Crippen molar-refractivity contribution in [3.63, 3.8) is 0 Å². The zero-order chi connectivity index (χ0) is 14.0. The van der Waals surface area contributed by atoms with Crippen molar-refractivity contribution in [2.24, 2.45) is 0 Å². The number of β-amino-alcohol motifs (C(OH)–C–C–N with tert-alkyl or cyclic N) is 1. The average Bonchev–Trinajstić information content (AvgIpc) is 2.87. The normalized spacial score (nSPS) is 13.9. The molecule has 0 bridgehead atoms. The number of aromatic amines is 1. The number of H-pyrrole nitrogens is 1. The molecule has 1 aromatic carbocycles. The second-order valence-electron chi connectivity index (χ2n) is 5.23. The molecule has 19 heavy (non-hydrogen) atoms. The molecule has 0 fully saturated rings. The van der Waals surface area contributed by atoms with Crippen molar-refractivity contribution < 1.29 is 10.2 Å². The van der Waals surface area contributed by atoms with Gasteiger partial charge in [0, 0.05) is 17.5 Å². The lowest BCUT2D eigenvalue weighted by Crippen LogP contribution is -2.44. The number of aromatic nitrogens is 2. The Hall–Kier alpha value is -1.14. The number of rotatable bonds is 5. The smallest absolute Gasteiger partial charge is 0.0921 e. The molecule has 1 atom stereocenters. The molecule has 1 aromatic heterocycles. The van der Waals surface area contributed by atoms with Gasteiger partial charge in [-0.3, -0.25) is 5.10 Å². The quantitative estimate of drug-likeness (QED) is 0.672. The summed E-state index contributed by atoms with van der Waals surface area (Å²) in [6.45, 7) is 4.08. The van der Waals surface area contributed by atoms with Crippen molar-refractivity contribution in [3.05, 3.63) is 28.9 Å². The van der Waals surface area contributed by atoms with Crippen LogP contribution in [-0.4, -0.2) is 39.1 Å². The molecule has 0 aliphatic rings. The van der Waals surface area contributed by atoms with Crippen LogP contribution in [0.4, 0.5) is 0 Å². The lowest BCUT2D eigenvalue weighted by atomic mass is 10.0. The summed E-state index contributed by atoms with van der Waals surface area (Å²) in [5.41, 5.74) is 1.05. The van der Waals surface area contributed by atoms with Crippen LogP contribution in [0.3, 0.4) is 0 Å². The molecule has 2 rings (SSSR count). The highest BCUT2D eigenvalue weighted by Gasteiger charge is 2.19. The first kappa shape index (κ1) is 14.3. The van der Waals surface area contributed by atoms with E-state index >= 15 is 0 Å². The van der Waals surface area contributed by atoms with Crippen molar-refractivity contribution in [1.82, 2.24) is 15.5 Å². The zero-order valence-electron chi connectivity index (χ0n) is 10.9. The van der Waals surface area contributed by atoms with E-state index in [-0.39, 0.29) is 6.61 Å². The molecule has 0 radical (unpaired) electrons. The average molecular weight is 284 g/mol. The van der Waals surface area contributed by atoms with Crippen LogP contribution in [0.5, 0.6) is 0 Å². The molecule has 5 nitrogen and oxygen atoms in total. The van der Waals surface area contributed by atoms with Crippen molar-refractivity contribution in [3.8, 4) is 0 Å². The Kier molecular flexibility index (Phi) is 4.10. The van der Waals surface area contributed by atoms with E-state index in [1.165, 1.54) is 0 Å². The number of hydrogen-bond donors (Lipinski definition) is 4. The third-order valence-electron chi connectivity index (χ3n) is 3.13. The van der Waals surface area contributed by atoms with E-state index in [9.17, 15) is 10.2 Å². The fourth-order valence-corrected chi connectivity index (χ4v) is 2.06. The number of aliphatic hydroxyl groups excluding tert-OH is 2. The van der Waals surface area contributed by atoms with Gasteiger partial charge in [-0.25, -0.2) is 0 Å². The lowest BCUT2D eigenvalue weighted by Gasteiger charge is -2.25. The van der Waals surface area contributed by atoms with Crippen LogP contribution in [-0.2, 0) is 0 Å². The Morgan fingerprint density at radius 2 is 2.21 bits per heavy atom. The largest absolute Gasteiger partial charge is 0.394 e. The van der Waals surface area contributed by atoms with Gasteiger partial charge in [0.05, 0.1) is 29.4 Å². The molecule has 2 aromatic rings. The van der Waals surface area contributed by atoms with Gasteiger partial charge < -0.3 is 15.5 Å². The Morgan fingerprint density at radius 1 is 1.47 bits per heavy atom. The van der Waals surface area contributed by atoms with Gasteiger partial charge in [0.25, 0.3) is 0 Å². The minimum Gasteiger partial charge on any atom is -0.394 e. The molecular weight excluding hydrogens is 266 g/mol. The zero-order valence-corrected chi connectivity index (χ0v) is 11.7. The second kappa shape index (κ2) is 5.46. The molecule has 0 unspecified atom stereocenters. The van der Waals surface area contributed by atoms with Crippen LogP contribution in [0.1, 0.15) is 25.5 Å². The van der Waals surface area contributed by atoms with Crippen LogP contribution in [0, 0.1) is 0 Å². The van der Waals surface area contributed by atoms with Gasteiger partial charge in [-0.1, -0.05) is 17.7 Å². The predicted molar refractivity (Wildman–Crippen MR) is 75.2 cm³/mol. The number of hydrogen-bond acceptors (Lipinski definition) is 4. The molecule has 104 valence electrons. The van der Waals surface area contributed by atoms with Gasteiger partial charge in [0.2, 0.25) is 0 Å². The third-order valence-corrected chi connectivity index (χ3v) is 3.44. The summed E-state index contributed by atoms with van der Waals surface area (Å²) in [6, 6.07) is 3.52. The van der Waals surface area contributed by atoms with Crippen molar-refractivity contribution in [1.29, 1.82) is 0 Å². The van der Waals surface area contributed by atoms with E-state index in [4.69, 9.17) is 11.6 Å². The van der Waals surface area contributed by atoms with E-state index in [1.54, 1.807) is 18.3 Å². The molecule has 0 aliphatic carbocycles. The Labute approximate surface area is 116 Å². The fraction of sp³-hybridized carbons (Fsp3) is 0.462. The highest BCUT2D eigenvalue weighted by Crippen LogP contribution is 2.28. The number of nitrogens with zero attached hydrogens (tertiary/aromatic N) is 1. The second-order valence-corrected chi connectivity index (χ2v) is 5.64. The maximum atomic E-state index is 10.3. The summed E-state index contributed by atoms with van der Waals surface area (Å²) in [7, 11) is 0. The first-order chi connectivity index (χ1) is 8.94. The Balaban J connectivity index is 2.20. The first-order valence-electron chi connectivity index (χ1n) is 6.10. The van der Waals surface area contributed by atoms with Gasteiger partial charge >= 0.3 is 0 Å². The molecule has 6 heteroatoms. The summed E-state index contributed by atoms with van der Waals surface area (Å²) in [5, 5.41) is 30.7. The number of nitrogens with one attached hydrogen (secondary N) is 2. The van der Waals surface area contributed by atoms with Crippen LogP contribution in [0.2, 0.25) is 5.02 Å². The van der Waals surface area contributed by atoms with Crippen LogP contribution in [0.25, 0.3) is 10.9 Å². The van der Waals surface area contributed by atoms with E-state index in [1.807, 2.05) is 13.8 Å². The van der Waals surface area contributed by atoms with E-state index in [2.05, 4.69) is 15.5 Å². The minimum atomic E-state index is -0.691. The van der Waals surface area contributed by atoms with Gasteiger partial charge in [0.1, 0.15) is 0 Å². The molecule has 0 spiro atoms. The summed E-state index contributed by atoms with van der Waals surface area (Å²) >= 11 is 6.05. The fourth-order valence-electron chi connectivity index (χ4n) is 1.85. The predicted octanol–water partition coefficient (Wildman–Crippen LogP) is 1.61. The lowest BCUT2D eigenvalue weighted by molar-refractivity contribution is 0.137. The van der Waals surface area contributed by atoms with Crippen molar-refractivity contribution in [2.45, 2.75) is 25.5 Å². The number of halogens is 1. The Morgan fingerprint density at radius 3 is 2.89 bits per heavy atom. The SMILES string of the molecule is CC(C)(CO)NC[C@H](O)c1ccc(Cl)c2[nH]ncc12. The molecule has 1 heterocycles. The Bertz CT molecular complexity index is 568. The van der Waals surface area contributed by atoms with Gasteiger partial charge in [0.15, 0.2) is 0 Å². The molecule has 0 saturated heterocycles. The van der Waals surface area contributed by atoms with Gasteiger partial charge in [-0.15, -0.1) is 0 Å². The highest BCUT2D eigenvalue weighted by molar-refractivity contribution is 6.35. The van der Waals surface area contributed by atoms with E-state index in [0.717, 1.165) is 16.5 Å². The van der Waals surface area contributed by atoms with Crippen LogP contribution >= 0.6 is 11.6 Å². The summed E-state index contributed by atoms with van der Waals surface area (Å²) in [6.07, 6.45) is 0.958. The molecular formula is C13H18ClN3O2.